The van der Waals surface area contributed by atoms with Crippen molar-refractivity contribution in [1.82, 2.24) is 5.32 Å². The van der Waals surface area contributed by atoms with E-state index in [0.717, 1.165) is 45.3 Å². The molecule has 5 nitrogen and oxygen atoms in total. The van der Waals surface area contributed by atoms with Crippen molar-refractivity contribution < 1.29 is 13.2 Å². The van der Waals surface area contributed by atoms with E-state index < -0.39 is 10.0 Å². The molecule has 0 saturated heterocycles. The average Bonchev–Trinajstić information content (AvgIpc) is 2.54. The first-order chi connectivity index (χ1) is 11.8. The molecule has 2 aromatic carbocycles. The fourth-order valence-corrected chi connectivity index (χ4v) is 4.33. The van der Waals surface area contributed by atoms with E-state index in [4.69, 9.17) is 9.88 Å². The van der Waals surface area contributed by atoms with E-state index in [2.05, 4.69) is 37.2 Å². The van der Waals surface area contributed by atoms with Crippen LogP contribution in [-0.2, 0) is 23.0 Å². The van der Waals surface area contributed by atoms with E-state index in [1.165, 1.54) is 12.1 Å². The van der Waals surface area contributed by atoms with Crippen molar-refractivity contribution in [3.8, 4) is 5.75 Å². The fraction of sp³-hybridized carbons (Fsp3) is 0.294. The summed E-state index contributed by atoms with van der Waals surface area (Å²) < 4.78 is 29.9. The summed E-state index contributed by atoms with van der Waals surface area (Å²) in [5.74, 6) is 0.807. The third-order valence-corrected chi connectivity index (χ3v) is 5.63. The molecule has 0 heterocycles. The number of nitrogens with two attached hydrogens (primary N) is 1. The molecule has 0 atom stereocenters. The molecular weight excluding hydrogens is 508 g/mol. The van der Waals surface area contributed by atoms with Crippen molar-refractivity contribution >= 4 is 54.3 Å². The van der Waals surface area contributed by atoms with Crippen LogP contribution in [0.25, 0.3) is 0 Å². The number of halogens is 3. The van der Waals surface area contributed by atoms with Gasteiger partial charge in [-0.05, 0) is 87.1 Å². The maximum absolute atomic E-state index is 11.2. The normalized spacial score (nSPS) is 11.1. The van der Waals surface area contributed by atoms with Crippen LogP contribution in [0, 0.1) is 0 Å². The summed E-state index contributed by atoms with van der Waals surface area (Å²) in [5.41, 5.74) is 2.18. The van der Waals surface area contributed by atoms with Gasteiger partial charge in [0.2, 0.25) is 10.0 Å². The molecule has 0 aliphatic carbocycles. The van der Waals surface area contributed by atoms with Gasteiger partial charge < -0.3 is 10.1 Å². The minimum atomic E-state index is -3.63. The molecule has 0 spiro atoms. The largest absolute Gasteiger partial charge is 0.492 e. The summed E-state index contributed by atoms with van der Waals surface area (Å²) in [5, 5.41) is 8.47. The van der Waals surface area contributed by atoms with Crippen molar-refractivity contribution in [3.63, 3.8) is 0 Å². The first-order valence-electron chi connectivity index (χ1n) is 7.74. The van der Waals surface area contributed by atoms with Crippen molar-refractivity contribution in [2.45, 2.75) is 24.8 Å². The molecule has 0 saturated carbocycles. The van der Waals surface area contributed by atoms with Gasteiger partial charge in [0.25, 0.3) is 0 Å². The Morgan fingerprint density at radius 3 is 2.15 bits per heavy atom. The van der Waals surface area contributed by atoms with Crippen LogP contribution < -0.4 is 15.2 Å². The van der Waals surface area contributed by atoms with E-state index in [0.29, 0.717) is 6.61 Å². The second-order valence-electron chi connectivity index (χ2n) is 5.44. The van der Waals surface area contributed by atoms with Crippen LogP contribution in [0.15, 0.2) is 50.2 Å². The molecule has 3 N–H and O–H groups in total. The van der Waals surface area contributed by atoms with Crippen LogP contribution in [0.2, 0.25) is 0 Å². The highest BCUT2D eigenvalue weighted by molar-refractivity contribution is 9.11. The smallest absolute Gasteiger partial charge is 0.238 e. The molecule has 0 fully saturated rings. The predicted octanol–water partition coefficient (Wildman–Crippen LogP) is 4.01. The number of sulfonamides is 1. The summed E-state index contributed by atoms with van der Waals surface area (Å²) in [6, 6.07) is 10.7. The number of nitrogens with one attached hydrogen (secondary N) is 1. The highest BCUT2D eigenvalue weighted by atomic mass is 79.9. The first kappa shape index (κ1) is 23.4. The van der Waals surface area contributed by atoms with E-state index in [1.54, 1.807) is 12.1 Å². The van der Waals surface area contributed by atoms with Crippen molar-refractivity contribution in [1.29, 1.82) is 0 Å². The Kier molecular flexibility index (Phi) is 9.57. The van der Waals surface area contributed by atoms with Crippen molar-refractivity contribution in [3.05, 3.63) is 56.5 Å². The third kappa shape index (κ3) is 6.83. The minimum Gasteiger partial charge on any atom is -0.492 e. The van der Waals surface area contributed by atoms with E-state index in [9.17, 15) is 8.42 Å². The number of hydrogen-bond acceptors (Lipinski definition) is 4. The van der Waals surface area contributed by atoms with E-state index in [-0.39, 0.29) is 17.3 Å². The molecule has 144 valence electrons. The molecule has 9 heteroatoms. The Balaban J connectivity index is 0.00000338. The third-order valence-electron chi connectivity index (χ3n) is 3.52. The predicted molar refractivity (Wildman–Crippen MR) is 113 cm³/mol. The quantitative estimate of drug-likeness (QED) is 0.508. The lowest BCUT2D eigenvalue weighted by Gasteiger charge is -2.11. The van der Waals surface area contributed by atoms with Crippen molar-refractivity contribution in [2.75, 3.05) is 13.2 Å². The molecule has 26 heavy (non-hydrogen) atoms. The summed E-state index contributed by atoms with van der Waals surface area (Å²) in [6.07, 6.45) is 0.796. The van der Waals surface area contributed by atoms with Gasteiger partial charge in [-0.2, -0.15) is 0 Å². The number of hydrogen-bond donors (Lipinski definition) is 2. The molecule has 0 bridgehead atoms. The van der Waals surface area contributed by atoms with Crippen LogP contribution in [0.3, 0.4) is 0 Å². The maximum atomic E-state index is 11.2. The number of rotatable bonds is 8. The number of benzene rings is 2. The van der Waals surface area contributed by atoms with Gasteiger partial charge in [0.05, 0.1) is 20.4 Å². The molecule has 0 amide bonds. The summed E-state index contributed by atoms with van der Waals surface area (Å²) in [7, 11) is -3.63. The van der Waals surface area contributed by atoms with E-state index >= 15 is 0 Å². The lowest BCUT2D eigenvalue weighted by molar-refractivity contribution is 0.336. The zero-order chi connectivity index (χ0) is 18.4. The highest BCUT2D eigenvalue weighted by Gasteiger charge is 2.09. The topological polar surface area (TPSA) is 81.4 Å². The molecule has 0 aliphatic rings. The zero-order valence-corrected chi connectivity index (χ0v) is 19.0. The van der Waals surface area contributed by atoms with Crippen molar-refractivity contribution in [2.24, 2.45) is 5.14 Å². The monoisotopic (exact) mass is 526 g/mol. The Hall–Kier alpha value is -0.640. The SMILES string of the molecule is CCOc1c(Br)cc(CNCCc2ccc(S(N)(=O)=O)cc2)cc1Br.Cl. The second-order valence-corrected chi connectivity index (χ2v) is 8.71. The van der Waals surface area contributed by atoms with Gasteiger partial charge in [-0.15, -0.1) is 12.4 Å². The highest BCUT2D eigenvalue weighted by Crippen LogP contribution is 2.34. The van der Waals surface area contributed by atoms with Crippen LogP contribution >= 0.6 is 44.3 Å². The molecule has 2 rings (SSSR count). The second kappa shape index (κ2) is 10.6. The standard InChI is InChI=1S/C17H20Br2N2O3S.ClH/c1-2-24-17-15(18)9-13(10-16(17)19)11-21-8-7-12-3-5-14(6-4-12)25(20,22)23;/h3-6,9-10,21H,2,7-8,11H2,1H3,(H2,20,22,23);1H. The van der Waals surface area contributed by atoms with E-state index in [1.807, 2.05) is 19.1 Å². The Labute approximate surface area is 177 Å². The van der Waals surface area contributed by atoms with Crippen LogP contribution in [-0.4, -0.2) is 21.6 Å². The molecule has 0 aromatic heterocycles. The van der Waals surface area contributed by atoms with Gasteiger partial charge in [0, 0.05) is 6.54 Å². The van der Waals surface area contributed by atoms with Gasteiger partial charge in [0.15, 0.2) is 0 Å². The first-order valence-corrected chi connectivity index (χ1v) is 10.9. The van der Waals surface area contributed by atoms with Crippen LogP contribution in [0.4, 0.5) is 0 Å². The number of primary sulfonamides is 1. The molecule has 0 radical (unpaired) electrons. The fourth-order valence-electron chi connectivity index (χ4n) is 2.31. The molecule has 2 aromatic rings. The molecular formula is C17H21Br2ClN2O3S. The summed E-state index contributed by atoms with van der Waals surface area (Å²) >= 11 is 7.05. The molecule has 0 unspecified atom stereocenters. The van der Waals surface area contributed by atoms with Gasteiger partial charge >= 0.3 is 0 Å². The Bertz CT molecular complexity index is 807. The van der Waals surface area contributed by atoms with Crippen LogP contribution in [0.1, 0.15) is 18.1 Å². The van der Waals surface area contributed by atoms with Crippen LogP contribution in [0.5, 0.6) is 5.75 Å². The van der Waals surface area contributed by atoms with Gasteiger partial charge in [-0.1, -0.05) is 12.1 Å². The Morgan fingerprint density at radius 2 is 1.65 bits per heavy atom. The lowest BCUT2D eigenvalue weighted by Crippen LogP contribution is -2.17. The molecule has 0 aliphatic heterocycles. The summed E-state index contributed by atoms with van der Waals surface area (Å²) in [4.78, 5) is 0.133. The average molecular weight is 529 g/mol. The van der Waals surface area contributed by atoms with Gasteiger partial charge in [-0.3, -0.25) is 0 Å². The lowest BCUT2D eigenvalue weighted by atomic mass is 10.1. The minimum absolute atomic E-state index is 0. The summed E-state index contributed by atoms with van der Waals surface area (Å²) in [6.45, 7) is 4.05. The number of ether oxygens (including phenoxy) is 1. The maximum Gasteiger partial charge on any atom is 0.238 e. The van der Waals surface area contributed by atoms with Gasteiger partial charge in [0.1, 0.15) is 5.75 Å². The Morgan fingerprint density at radius 1 is 1.08 bits per heavy atom. The zero-order valence-electron chi connectivity index (χ0n) is 14.2. The van der Waals surface area contributed by atoms with Gasteiger partial charge in [-0.25, -0.2) is 13.6 Å².